The first-order valence-electron chi connectivity index (χ1n) is 4.13. The predicted octanol–water partition coefficient (Wildman–Crippen LogP) is 1.88. The molecule has 3 heteroatoms. The van der Waals surface area contributed by atoms with Crippen LogP contribution in [0.15, 0.2) is 18.2 Å². The molecule has 14 heavy (non-hydrogen) atoms. The van der Waals surface area contributed by atoms with E-state index in [1.54, 1.807) is 6.07 Å². The van der Waals surface area contributed by atoms with Crippen LogP contribution in [0.1, 0.15) is 17.5 Å². The van der Waals surface area contributed by atoms with Crippen molar-refractivity contribution in [2.45, 2.75) is 13.3 Å². The quantitative estimate of drug-likeness (QED) is 0.702. The van der Waals surface area contributed by atoms with E-state index in [4.69, 9.17) is 17.3 Å². The van der Waals surface area contributed by atoms with Crippen LogP contribution in [0.4, 0.5) is 0 Å². The van der Waals surface area contributed by atoms with Crippen molar-refractivity contribution in [3.8, 4) is 11.8 Å². The van der Waals surface area contributed by atoms with Crippen LogP contribution in [0.3, 0.4) is 0 Å². The molecule has 2 N–H and O–H groups in total. The third-order valence-electron chi connectivity index (χ3n) is 1.67. The number of benzene rings is 1. The standard InChI is InChI=1S/C11H10ClNO/c1-8-5-6-9(7-10(8)12)3-2-4-11(13)14/h5-7H,4H2,1H3,(H2,13,14). The first-order valence-corrected chi connectivity index (χ1v) is 4.50. The molecule has 0 aliphatic rings. The summed E-state index contributed by atoms with van der Waals surface area (Å²) in [5, 5.41) is 0.677. The van der Waals surface area contributed by atoms with Gasteiger partial charge in [-0.15, -0.1) is 0 Å². The fraction of sp³-hybridized carbons (Fsp3) is 0.182. The third kappa shape index (κ3) is 3.12. The molecule has 0 aliphatic carbocycles. The molecule has 0 heterocycles. The van der Waals surface area contributed by atoms with Crippen molar-refractivity contribution in [2.24, 2.45) is 5.73 Å². The average Bonchev–Trinajstić information content (AvgIpc) is 2.10. The van der Waals surface area contributed by atoms with E-state index in [0.29, 0.717) is 5.02 Å². The predicted molar refractivity (Wildman–Crippen MR) is 56.9 cm³/mol. The van der Waals surface area contributed by atoms with E-state index >= 15 is 0 Å². The average molecular weight is 208 g/mol. The Morgan fingerprint density at radius 3 is 2.86 bits per heavy atom. The Morgan fingerprint density at radius 1 is 1.57 bits per heavy atom. The van der Waals surface area contributed by atoms with Gasteiger partial charge in [0.2, 0.25) is 5.91 Å². The maximum absolute atomic E-state index is 10.4. The highest BCUT2D eigenvalue weighted by atomic mass is 35.5. The third-order valence-corrected chi connectivity index (χ3v) is 2.07. The van der Waals surface area contributed by atoms with E-state index in [9.17, 15) is 4.79 Å². The lowest BCUT2D eigenvalue weighted by Gasteiger charge is -1.96. The van der Waals surface area contributed by atoms with Crippen LogP contribution in [0.5, 0.6) is 0 Å². The van der Waals surface area contributed by atoms with E-state index in [1.807, 2.05) is 19.1 Å². The van der Waals surface area contributed by atoms with Gasteiger partial charge in [-0.1, -0.05) is 29.5 Å². The van der Waals surface area contributed by atoms with Gasteiger partial charge in [0.1, 0.15) is 0 Å². The Morgan fingerprint density at radius 2 is 2.29 bits per heavy atom. The van der Waals surface area contributed by atoms with E-state index in [-0.39, 0.29) is 6.42 Å². The minimum absolute atomic E-state index is 0.0749. The van der Waals surface area contributed by atoms with Crippen LogP contribution in [-0.2, 0) is 4.79 Å². The summed E-state index contributed by atoms with van der Waals surface area (Å²) in [6.07, 6.45) is 0.0749. The van der Waals surface area contributed by atoms with Crippen molar-refractivity contribution in [3.05, 3.63) is 34.3 Å². The Bertz CT molecular complexity index is 415. The number of carbonyl (C=O) groups excluding carboxylic acids is 1. The zero-order chi connectivity index (χ0) is 10.6. The summed E-state index contributed by atoms with van der Waals surface area (Å²) in [5.74, 6) is 5.05. The van der Waals surface area contributed by atoms with Gasteiger partial charge < -0.3 is 5.73 Å². The fourth-order valence-corrected chi connectivity index (χ4v) is 1.08. The maximum atomic E-state index is 10.4. The lowest BCUT2D eigenvalue weighted by molar-refractivity contribution is -0.117. The zero-order valence-corrected chi connectivity index (χ0v) is 8.56. The normalized spacial score (nSPS) is 9.00. The van der Waals surface area contributed by atoms with Gasteiger partial charge in [0.25, 0.3) is 0 Å². The molecule has 0 radical (unpaired) electrons. The highest BCUT2D eigenvalue weighted by Gasteiger charge is 1.94. The van der Waals surface area contributed by atoms with Crippen LogP contribution in [0.2, 0.25) is 5.02 Å². The number of nitrogens with two attached hydrogens (primary N) is 1. The molecule has 1 rings (SSSR count). The lowest BCUT2D eigenvalue weighted by Crippen LogP contribution is -2.08. The highest BCUT2D eigenvalue weighted by molar-refractivity contribution is 6.31. The Balaban J connectivity index is 2.81. The fourth-order valence-electron chi connectivity index (χ4n) is 0.904. The van der Waals surface area contributed by atoms with Gasteiger partial charge in [-0.05, 0) is 24.6 Å². The van der Waals surface area contributed by atoms with Crippen LogP contribution in [0, 0.1) is 18.8 Å². The van der Waals surface area contributed by atoms with E-state index in [1.165, 1.54) is 0 Å². The van der Waals surface area contributed by atoms with Gasteiger partial charge in [-0.2, -0.15) is 0 Å². The van der Waals surface area contributed by atoms with Crippen LogP contribution in [0.25, 0.3) is 0 Å². The number of aryl methyl sites for hydroxylation is 1. The molecule has 1 aromatic rings. The van der Waals surface area contributed by atoms with Gasteiger partial charge in [0, 0.05) is 10.6 Å². The second-order valence-corrected chi connectivity index (χ2v) is 3.32. The largest absolute Gasteiger partial charge is 0.369 e. The molecule has 0 aliphatic heterocycles. The van der Waals surface area contributed by atoms with Crippen molar-refractivity contribution in [1.29, 1.82) is 0 Å². The zero-order valence-electron chi connectivity index (χ0n) is 7.80. The van der Waals surface area contributed by atoms with Gasteiger partial charge in [-0.3, -0.25) is 4.79 Å². The summed E-state index contributed by atoms with van der Waals surface area (Å²) in [6, 6.07) is 5.51. The molecular weight excluding hydrogens is 198 g/mol. The molecule has 72 valence electrons. The number of primary amides is 1. The molecule has 0 fully saturated rings. The second kappa shape index (κ2) is 4.69. The summed E-state index contributed by atoms with van der Waals surface area (Å²) in [4.78, 5) is 10.4. The van der Waals surface area contributed by atoms with E-state index < -0.39 is 5.91 Å². The molecule has 0 unspecified atom stereocenters. The number of hydrogen-bond acceptors (Lipinski definition) is 1. The van der Waals surface area contributed by atoms with Crippen molar-refractivity contribution < 1.29 is 4.79 Å². The number of rotatable bonds is 1. The molecule has 1 amide bonds. The monoisotopic (exact) mass is 207 g/mol. The smallest absolute Gasteiger partial charge is 0.229 e. The van der Waals surface area contributed by atoms with Crippen LogP contribution < -0.4 is 5.73 Å². The van der Waals surface area contributed by atoms with Gasteiger partial charge >= 0.3 is 0 Å². The SMILES string of the molecule is Cc1ccc(C#CCC(N)=O)cc1Cl. The van der Waals surface area contributed by atoms with Crippen molar-refractivity contribution in [3.63, 3.8) is 0 Å². The molecule has 0 atom stereocenters. The molecule has 0 saturated carbocycles. The summed E-state index contributed by atoms with van der Waals surface area (Å²) in [7, 11) is 0. The van der Waals surface area contributed by atoms with Crippen molar-refractivity contribution >= 4 is 17.5 Å². The summed E-state index contributed by atoms with van der Waals surface area (Å²) >= 11 is 5.90. The molecular formula is C11H10ClNO. The molecule has 0 aromatic heterocycles. The molecule has 1 aromatic carbocycles. The summed E-state index contributed by atoms with van der Waals surface area (Å²) < 4.78 is 0. The van der Waals surface area contributed by atoms with Crippen LogP contribution >= 0.6 is 11.6 Å². The maximum Gasteiger partial charge on any atom is 0.229 e. The van der Waals surface area contributed by atoms with E-state index in [0.717, 1.165) is 11.1 Å². The summed E-state index contributed by atoms with van der Waals surface area (Å²) in [5.41, 5.74) is 6.74. The number of halogens is 1. The minimum Gasteiger partial charge on any atom is -0.369 e. The number of hydrogen-bond donors (Lipinski definition) is 1. The Hall–Kier alpha value is -1.46. The van der Waals surface area contributed by atoms with Gasteiger partial charge in [-0.25, -0.2) is 0 Å². The number of carbonyl (C=O) groups is 1. The van der Waals surface area contributed by atoms with Gasteiger partial charge in [0.05, 0.1) is 6.42 Å². The second-order valence-electron chi connectivity index (χ2n) is 2.91. The van der Waals surface area contributed by atoms with Crippen molar-refractivity contribution in [1.82, 2.24) is 0 Å². The molecule has 0 spiro atoms. The minimum atomic E-state index is -0.421. The first kappa shape index (κ1) is 10.6. The Labute approximate surface area is 88.1 Å². The first-order chi connectivity index (χ1) is 6.59. The van der Waals surface area contributed by atoms with Gasteiger partial charge in [0.15, 0.2) is 0 Å². The van der Waals surface area contributed by atoms with Crippen molar-refractivity contribution in [2.75, 3.05) is 0 Å². The summed E-state index contributed by atoms with van der Waals surface area (Å²) in [6.45, 7) is 1.92. The lowest BCUT2D eigenvalue weighted by atomic mass is 10.1. The molecule has 2 nitrogen and oxygen atoms in total. The Kier molecular flexibility index (Phi) is 3.55. The molecule has 0 saturated heterocycles. The topological polar surface area (TPSA) is 43.1 Å². The number of amides is 1. The molecule has 0 bridgehead atoms. The van der Waals surface area contributed by atoms with E-state index in [2.05, 4.69) is 11.8 Å². The highest BCUT2D eigenvalue weighted by Crippen LogP contribution is 2.15. The van der Waals surface area contributed by atoms with Crippen LogP contribution in [-0.4, -0.2) is 5.91 Å².